The zero-order valence-electron chi connectivity index (χ0n) is 10.5. The summed E-state index contributed by atoms with van der Waals surface area (Å²) in [6.45, 7) is 5.07. The molecule has 1 N–H and O–H groups in total. The van der Waals surface area contributed by atoms with Gasteiger partial charge in [-0.3, -0.25) is 4.57 Å². The second-order valence-electron chi connectivity index (χ2n) is 4.05. The van der Waals surface area contributed by atoms with E-state index in [4.69, 9.17) is 9.05 Å². The zero-order valence-corrected chi connectivity index (χ0v) is 11.4. The predicted molar refractivity (Wildman–Crippen MR) is 64.1 cm³/mol. The molecule has 0 aliphatic carbocycles. The van der Waals surface area contributed by atoms with E-state index in [1.54, 1.807) is 13.8 Å². The smallest absolute Gasteiger partial charge is 0.402 e. The maximum absolute atomic E-state index is 12.7. The maximum Gasteiger partial charge on any atom is 0.402 e. The van der Waals surface area contributed by atoms with E-state index < -0.39 is 18.8 Å². The highest BCUT2D eigenvalue weighted by Gasteiger charge is 2.62. The topological polar surface area (TPSA) is 81.8 Å². The third-order valence-electron chi connectivity index (χ3n) is 3.15. The van der Waals surface area contributed by atoms with E-state index in [1.807, 2.05) is 0 Å². The van der Waals surface area contributed by atoms with Crippen LogP contribution in [-0.2, 0) is 13.6 Å². The molecule has 1 aliphatic rings. The number of aliphatic hydroxyl groups is 1. The van der Waals surface area contributed by atoms with Crippen LogP contribution in [0.4, 0.5) is 0 Å². The molecule has 0 aromatic rings. The molecule has 17 heavy (non-hydrogen) atoms. The van der Waals surface area contributed by atoms with E-state index in [1.165, 1.54) is 13.1 Å². The van der Waals surface area contributed by atoms with E-state index in [-0.39, 0.29) is 19.8 Å². The lowest BCUT2D eigenvalue weighted by Crippen LogP contribution is -2.41. The number of aliphatic hydroxyl groups excluding tert-OH is 1. The van der Waals surface area contributed by atoms with E-state index >= 15 is 0 Å². The van der Waals surface area contributed by atoms with Gasteiger partial charge in [0.2, 0.25) is 0 Å². The van der Waals surface area contributed by atoms with Gasteiger partial charge in [-0.15, -0.1) is 0 Å². The van der Waals surface area contributed by atoms with Crippen molar-refractivity contribution in [3.05, 3.63) is 5.21 Å². The Hall–Kier alpha value is -0.420. The lowest BCUT2D eigenvalue weighted by molar-refractivity contribution is -0.515. The Kier molecular flexibility index (Phi) is 4.72. The minimum Gasteiger partial charge on any atom is -0.623 e. The first-order valence-corrected chi connectivity index (χ1v) is 7.30. The summed E-state index contributed by atoms with van der Waals surface area (Å²) in [5, 5.41) is 19.8. The minimum atomic E-state index is -3.59. The van der Waals surface area contributed by atoms with Gasteiger partial charge in [-0.1, -0.05) is 0 Å². The van der Waals surface area contributed by atoms with Crippen molar-refractivity contribution in [3.63, 3.8) is 0 Å². The second kappa shape index (κ2) is 5.48. The van der Waals surface area contributed by atoms with Gasteiger partial charge in [0.05, 0.1) is 25.7 Å². The quantitative estimate of drug-likeness (QED) is 0.447. The second-order valence-corrected chi connectivity index (χ2v) is 6.47. The molecule has 6 nitrogen and oxygen atoms in total. The normalized spacial score (nSPS) is 29.4. The van der Waals surface area contributed by atoms with Gasteiger partial charge in [-0.05, 0) is 13.8 Å². The molecule has 0 aromatic heterocycles. The third-order valence-corrected chi connectivity index (χ3v) is 6.02. The summed E-state index contributed by atoms with van der Waals surface area (Å²) in [5.74, 6) is -0.441. The Bertz CT molecular complexity index is 336. The molecule has 0 bridgehead atoms. The van der Waals surface area contributed by atoms with Gasteiger partial charge in [0.1, 0.15) is 0 Å². The van der Waals surface area contributed by atoms with Crippen LogP contribution in [0.3, 0.4) is 0 Å². The van der Waals surface area contributed by atoms with Gasteiger partial charge in [0.25, 0.3) is 5.28 Å². The standard InChI is InChI=1S/C10H20NO5P/c1-4-15-17(14,16-5-2)10(3)9(8-12)6-7-11(10)13/h7,9,12H,4-6,8H2,1-3H3/t9?,10-/m1/s1. The summed E-state index contributed by atoms with van der Waals surface area (Å²) in [7, 11) is -3.59. The Labute approximate surface area is 101 Å². The molecule has 0 saturated carbocycles. The zero-order chi connectivity index (χ0) is 13.1. The predicted octanol–water partition coefficient (Wildman–Crippen LogP) is 1.56. The summed E-state index contributed by atoms with van der Waals surface area (Å²) in [6, 6.07) is 0. The highest BCUT2D eigenvalue weighted by molar-refractivity contribution is 7.55. The van der Waals surface area contributed by atoms with Crippen molar-refractivity contribution in [3.8, 4) is 0 Å². The van der Waals surface area contributed by atoms with Crippen LogP contribution in [0.5, 0.6) is 0 Å². The van der Waals surface area contributed by atoms with Gasteiger partial charge < -0.3 is 19.4 Å². The van der Waals surface area contributed by atoms with Gasteiger partial charge >= 0.3 is 7.60 Å². The average molecular weight is 265 g/mol. The summed E-state index contributed by atoms with van der Waals surface area (Å²) in [6.07, 6.45) is 1.76. The first-order valence-electron chi connectivity index (χ1n) is 5.76. The van der Waals surface area contributed by atoms with Crippen LogP contribution in [0.1, 0.15) is 27.2 Å². The van der Waals surface area contributed by atoms with Crippen molar-refractivity contribution < 1.29 is 23.5 Å². The average Bonchev–Trinajstić information content (AvgIpc) is 2.57. The molecule has 0 aromatic carbocycles. The largest absolute Gasteiger partial charge is 0.623 e. The van der Waals surface area contributed by atoms with Gasteiger partial charge in [-0.2, -0.15) is 4.74 Å². The van der Waals surface area contributed by atoms with Crippen molar-refractivity contribution in [2.24, 2.45) is 5.92 Å². The first kappa shape index (κ1) is 14.6. The molecule has 1 heterocycles. The van der Waals surface area contributed by atoms with Gasteiger partial charge in [0.15, 0.2) is 6.21 Å². The highest BCUT2D eigenvalue weighted by atomic mass is 31.2. The first-order chi connectivity index (χ1) is 7.96. The van der Waals surface area contributed by atoms with Crippen molar-refractivity contribution in [1.82, 2.24) is 0 Å². The number of hydrogen-bond acceptors (Lipinski definition) is 5. The molecule has 7 heteroatoms. The molecule has 0 fully saturated rings. The number of hydrogen-bond donors (Lipinski definition) is 1. The van der Waals surface area contributed by atoms with Crippen LogP contribution in [0.2, 0.25) is 0 Å². The van der Waals surface area contributed by atoms with Crippen LogP contribution in [0.15, 0.2) is 0 Å². The van der Waals surface area contributed by atoms with Crippen molar-refractivity contribution >= 4 is 13.8 Å². The Morgan fingerprint density at radius 3 is 2.47 bits per heavy atom. The van der Waals surface area contributed by atoms with E-state index in [9.17, 15) is 14.9 Å². The van der Waals surface area contributed by atoms with Crippen molar-refractivity contribution in [2.75, 3.05) is 19.8 Å². The monoisotopic (exact) mass is 265 g/mol. The highest BCUT2D eigenvalue weighted by Crippen LogP contribution is 2.64. The van der Waals surface area contributed by atoms with Gasteiger partial charge in [0, 0.05) is 13.3 Å². The molecule has 1 unspecified atom stereocenters. The fourth-order valence-corrected chi connectivity index (χ4v) is 4.28. The maximum atomic E-state index is 12.7. The Morgan fingerprint density at radius 2 is 2.06 bits per heavy atom. The summed E-state index contributed by atoms with van der Waals surface area (Å²) in [5.41, 5.74) is 0. The van der Waals surface area contributed by atoms with Crippen LogP contribution in [0, 0.1) is 11.1 Å². The van der Waals surface area contributed by atoms with Crippen LogP contribution in [-0.4, -0.2) is 41.2 Å². The number of nitrogens with zero attached hydrogens (tertiary/aromatic N) is 1. The third kappa shape index (κ3) is 2.27. The lowest BCUT2D eigenvalue weighted by atomic mass is 10.0. The fraction of sp³-hybridized carbons (Fsp3) is 0.900. The number of hydroxylamine groups is 1. The summed E-state index contributed by atoms with van der Waals surface area (Å²) in [4.78, 5) is 0. The molecule has 1 rings (SSSR count). The summed E-state index contributed by atoms with van der Waals surface area (Å²) < 4.78 is 23.8. The Morgan fingerprint density at radius 1 is 1.53 bits per heavy atom. The molecule has 0 saturated heterocycles. The molecule has 1 aliphatic heterocycles. The molecule has 0 radical (unpaired) electrons. The Balaban J connectivity index is 3.14. The number of rotatable bonds is 6. The van der Waals surface area contributed by atoms with E-state index in [2.05, 4.69) is 0 Å². The van der Waals surface area contributed by atoms with E-state index in [0.29, 0.717) is 11.2 Å². The molecular weight excluding hydrogens is 245 g/mol. The van der Waals surface area contributed by atoms with Crippen LogP contribution in [0.25, 0.3) is 0 Å². The van der Waals surface area contributed by atoms with Crippen LogP contribution < -0.4 is 0 Å². The molecular formula is C10H20NO5P. The molecule has 100 valence electrons. The van der Waals surface area contributed by atoms with E-state index in [0.717, 1.165) is 0 Å². The fourth-order valence-electron chi connectivity index (χ4n) is 2.04. The molecule has 0 spiro atoms. The minimum absolute atomic E-state index is 0.193. The lowest BCUT2D eigenvalue weighted by Gasteiger charge is -2.34. The van der Waals surface area contributed by atoms with Crippen molar-refractivity contribution in [1.29, 1.82) is 0 Å². The SMILES string of the molecule is CCOP(=O)(OCC)[C@]1(C)C(CO)CC=[N+]1[O-]. The summed E-state index contributed by atoms with van der Waals surface area (Å²) >= 11 is 0. The molecule has 2 atom stereocenters. The van der Waals surface area contributed by atoms with Crippen LogP contribution >= 0.6 is 7.60 Å². The molecule has 0 amide bonds. The van der Waals surface area contributed by atoms with Crippen molar-refractivity contribution in [2.45, 2.75) is 32.5 Å². The van der Waals surface area contributed by atoms with Gasteiger partial charge in [-0.25, -0.2) is 0 Å².